The van der Waals surface area contributed by atoms with Crippen molar-refractivity contribution in [2.75, 3.05) is 27.4 Å². The van der Waals surface area contributed by atoms with E-state index < -0.39 is 23.8 Å². The quantitative estimate of drug-likeness (QED) is 0.453. The number of rotatable bonds is 8. The minimum Gasteiger partial charge on any atom is -0.493 e. The van der Waals surface area contributed by atoms with Gasteiger partial charge < -0.3 is 24.3 Å². The molecule has 1 aliphatic heterocycles. The molecule has 0 radical (unpaired) electrons. The van der Waals surface area contributed by atoms with E-state index in [9.17, 15) is 14.4 Å². The third kappa shape index (κ3) is 4.67. The molecule has 0 spiro atoms. The lowest BCUT2D eigenvalue weighted by Gasteiger charge is -2.38. The van der Waals surface area contributed by atoms with Crippen molar-refractivity contribution < 1.29 is 33.3 Å². The third-order valence-electron chi connectivity index (χ3n) is 6.22. The average Bonchev–Trinajstić information content (AvgIpc) is 2.81. The normalized spacial score (nSPS) is 22.1. The molecule has 184 valence electrons. The van der Waals surface area contributed by atoms with E-state index in [4.69, 9.17) is 18.9 Å². The summed E-state index contributed by atoms with van der Waals surface area (Å²) in [5.41, 5.74) is 2.72. The van der Waals surface area contributed by atoms with Gasteiger partial charge >= 0.3 is 11.9 Å². The monoisotopic (exact) mass is 471 g/mol. The molecule has 1 aromatic carbocycles. The standard InChI is InChI=1S/C26H33NO7/c1-7-11-34-26(30)21-15(4)27-17-12-14(3)20(25(29)32-6)24(28)23(17)22(21)16-9-10-18(33-8-2)19(13-16)31-5/h9-10,13-14,20,22,27H,7-8,11-12H2,1-6H3/t14-,20-,22+/m1/s1. The van der Waals surface area contributed by atoms with Crippen molar-refractivity contribution in [3.05, 3.63) is 46.3 Å². The Bertz CT molecular complexity index is 1040. The molecule has 1 aromatic rings. The number of hydrogen-bond donors (Lipinski definition) is 1. The fourth-order valence-corrected chi connectivity index (χ4v) is 4.70. The smallest absolute Gasteiger partial charge is 0.336 e. The Balaban J connectivity index is 2.19. The van der Waals surface area contributed by atoms with Gasteiger partial charge in [-0.1, -0.05) is 19.9 Å². The lowest BCUT2D eigenvalue weighted by molar-refractivity contribution is -0.151. The van der Waals surface area contributed by atoms with Crippen LogP contribution in [0.25, 0.3) is 0 Å². The third-order valence-corrected chi connectivity index (χ3v) is 6.22. The van der Waals surface area contributed by atoms with Crippen molar-refractivity contribution in [2.45, 2.75) is 46.5 Å². The highest BCUT2D eigenvalue weighted by molar-refractivity contribution is 6.12. The van der Waals surface area contributed by atoms with Crippen LogP contribution in [0.1, 0.15) is 52.0 Å². The topological polar surface area (TPSA) is 100 Å². The Morgan fingerprint density at radius 3 is 2.50 bits per heavy atom. The van der Waals surface area contributed by atoms with Crippen LogP contribution in [-0.4, -0.2) is 45.2 Å². The minimum atomic E-state index is -0.941. The van der Waals surface area contributed by atoms with Crippen molar-refractivity contribution in [2.24, 2.45) is 11.8 Å². The lowest BCUT2D eigenvalue weighted by atomic mass is 9.69. The van der Waals surface area contributed by atoms with Gasteiger partial charge in [0.15, 0.2) is 17.3 Å². The number of ketones is 1. The molecule has 0 aromatic heterocycles. The van der Waals surface area contributed by atoms with E-state index in [1.807, 2.05) is 26.8 Å². The van der Waals surface area contributed by atoms with Crippen LogP contribution in [0.4, 0.5) is 0 Å². The molecular formula is C26H33NO7. The number of methoxy groups -OCH3 is 2. The first-order valence-electron chi connectivity index (χ1n) is 11.6. The summed E-state index contributed by atoms with van der Waals surface area (Å²) >= 11 is 0. The molecule has 8 heteroatoms. The highest BCUT2D eigenvalue weighted by Crippen LogP contribution is 2.46. The fraction of sp³-hybridized carbons (Fsp3) is 0.500. The second kappa shape index (κ2) is 10.8. The second-order valence-electron chi connectivity index (χ2n) is 8.51. The van der Waals surface area contributed by atoms with Gasteiger partial charge in [0.05, 0.1) is 33.0 Å². The Morgan fingerprint density at radius 2 is 1.88 bits per heavy atom. The summed E-state index contributed by atoms with van der Waals surface area (Å²) in [5.74, 6) is -2.29. The van der Waals surface area contributed by atoms with Crippen LogP contribution < -0.4 is 14.8 Å². The minimum absolute atomic E-state index is 0.247. The zero-order valence-corrected chi connectivity index (χ0v) is 20.7. The number of carbonyl (C=O) groups is 3. The number of esters is 2. The van der Waals surface area contributed by atoms with E-state index in [1.54, 1.807) is 19.1 Å². The van der Waals surface area contributed by atoms with Gasteiger partial charge in [-0.2, -0.15) is 0 Å². The van der Waals surface area contributed by atoms with Crippen molar-refractivity contribution in [3.8, 4) is 11.5 Å². The van der Waals surface area contributed by atoms with E-state index in [2.05, 4.69) is 5.32 Å². The number of carbonyl (C=O) groups excluding carboxylic acids is 3. The molecule has 0 unspecified atom stereocenters. The predicted molar refractivity (Wildman–Crippen MR) is 125 cm³/mol. The molecule has 3 atom stereocenters. The van der Waals surface area contributed by atoms with E-state index in [0.29, 0.717) is 59.1 Å². The van der Waals surface area contributed by atoms with E-state index in [1.165, 1.54) is 14.2 Å². The number of dihydropyridines is 1. The highest BCUT2D eigenvalue weighted by Gasteiger charge is 2.47. The van der Waals surface area contributed by atoms with Gasteiger partial charge in [0, 0.05) is 22.9 Å². The van der Waals surface area contributed by atoms with E-state index in [0.717, 1.165) is 0 Å². The molecule has 0 bridgehead atoms. The van der Waals surface area contributed by atoms with Crippen molar-refractivity contribution in [3.63, 3.8) is 0 Å². The summed E-state index contributed by atoms with van der Waals surface area (Å²) in [4.78, 5) is 39.4. The highest BCUT2D eigenvalue weighted by atomic mass is 16.5. The molecule has 0 fully saturated rings. The van der Waals surface area contributed by atoms with Crippen LogP contribution in [0.3, 0.4) is 0 Å². The maximum Gasteiger partial charge on any atom is 0.336 e. The first-order valence-corrected chi connectivity index (χ1v) is 11.6. The fourth-order valence-electron chi connectivity index (χ4n) is 4.70. The summed E-state index contributed by atoms with van der Waals surface area (Å²) in [6, 6.07) is 5.34. The Morgan fingerprint density at radius 1 is 1.15 bits per heavy atom. The van der Waals surface area contributed by atoms with Crippen LogP contribution in [0.2, 0.25) is 0 Å². The molecule has 1 N–H and O–H groups in total. The van der Waals surface area contributed by atoms with Crippen molar-refractivity contribution >= 4 is 17.7 Å². The van der Waals surface area contributed by atoms with E-state index >= 15 is 0 Å². The van der Waals surface area contributed by atoms with Gasteiger partial charge in [0.2, 0.25) is 0 Å². The van der Waals surface area contributed by atoms with Gasteiger partial charge in [-0.3, -0.25) is 9.59 Å². The average molecular weight is 472 g/mol. The predicted octanol–water partition coefficient (Wildman–Crippen LogP) is 3.66. The van der Waals surface area contributed by atoms with Crippen molar-refractivity contribution in [1.82, 2.24) is 5.32 Å². The molecule has 1 aliphatic carbocycles. The van der Waals surface area contributed by atoms with Gasteiger partial charge in [-0.25, -0.2) is 4.79 Å². The summed E-state index contributed by atoms with van der Waals surface area (Å²) in [6.45, 7) is 8.16. The Hall–Kier alpha value is -3.29. The number of nitrogens with one attached hydrogen (secondary N) is 1. The van der Waals surface area contributed by atoms with Gasteiger partial charge in [0.25, 0.3) is 0 Å². The molecule has 2 aliphatic rings. The summed E-state index contributed by atoms with van der Waals surface area (Å²) < 4.78 is 21.6. The van der Waals surface area contributed by atoms with Gasteiger partial charge in [0.1, 0.15) is 5.92 Å². The molecule has 34 heavy (non-hydrogen) atoms. The van der Waals surface area contributed by atoms with Crippen LogP contribution in [0.5, 0.6) is 11.5 Å². The van der Waals surface area contributed by atoms with Crippen molar-refractivity contribution in [1.29, 1.82) is 0 Å². The first-order chi connectivity index (χ1) is 16.3. The number of hydrogen-bond acceptors (Lipinski definition) is 8. The number of benzene rings is 1. The maximum absolute atomic E-state index is 13.7. The van der Waals surface area contributed by atoms with Crippen LogP contribution in [0.15, 0.2) is 40.7 Å². The van der Waals surface area contributed by atoms with Gasteiger partial charge in [-0.15, -0.1) is 0 Å². The molecule has 0 saturated carbocycles. The zero-order valence-electron chi connectivity index (χ0n) is 20.7. The summed E-state index contributed by atoms with van der Waals surface area (Å²) in [7, 11) is 2.81. The zero-order chi connectivity index (χ0) is 25.0. The molecule has 8 nitrogen and oxygen atoms in total. The molecule has 1 heterocycles. The second-order valence-corrected chi connectivity index (χ2v) is 8.51. The number of allylic oxidation sites excluding steroid dienone is 3. The summed E-state index contributed by atoms with van der Waals surface area (Å²) in [6.07, 6.45) is 1.14. The van der Waals surface area contributed by atoms with Crippen LogP contribution in [-0.2, 0) is 23.9 Å². The molecule has 3 rings (SSSR count). The van der Waals surface area contributed by atoms with Crippen LogP contribution in [0, 0.1) is 11.8 Å². The number of ether oxygens (including phenoxy) is 4. The summed E-state index contributed by atoms with van der Waals surface area (Å²) in [5, 5.41) is 3.25. The van der Waals surface area contributed by atoms with Crippen LogP contribution >= 0.6 is 0 Å². The lowest BCUT2D eigenvalue weighted by Crippen LogP contribution is -2.43. The Kier molecular flexibility index (Phi) is 8.02. The Labute approximate surface area is 200 Å². The largest absolute Gasteiger partial charge is 0.493 e. The SMILES string of the molecule is CCCOC(=O)C1=C(C)NC2=C(C(=O)[C@H](C(=O)OC)[C@H](C)C2)[C@H]1c1ccc(OCC)c(OC)c1. The maximum atomic E-state index is 13.7. The first kappa shape index (κ1) is 25.3. The number of Topliss-reactive ketones (excluding diaryl/α,β-unsaturated/α-hetero) is 1. The molecule has 0 saturated heterocycles. The van der Waals surface area contributed by atoms with Gasteiger partial charge in [-0.05, 0) is 50.3 Å². The molecule has 0 amide bonds. The van der Waals surface area contributed by atoms with E-state index in [-0.39, 0.29) is 18.3 Å². The molecular weight excluding hydrogens is 438 g/mol.